The van der Waals surface area contributed by atoms with Gasteiger partial charge < -0.3 is 18.9 Å². The summed E-state index contributed by atoms with van der Waals surface area (Å²) in [5.41, 5.74) is -1.57. The van der Waals surface area contributed by atoms with Crippen molar-refractivity contribution in [1.82, 2.24) is 0 Å². The summed E-state index contributed by atoms with van der Waals surface area (Å²) < 4.78 is 23.0. The molecule has 172 valence electrons. The third kappa shape index (κ3) is 3.96. The number of allylic oxidation sites excluding steroid dienone is 1. The molecule has 7 atom stereocenters. The van der Waals surface area contributed by atoms with Crippen LogP contribution in [0.25, 0.3) is 0 Å². The molecular formula is C23H32O8. The Labute approximate surface area is 182 Å². The van der Waals surface area contributed by atoms with Gasteiger partial charge in [0, 0.05) is 32.1 Å². The molecule has 0 N–H and O–H groups in total. The highest BCUT2D eigenvalue weighted by molar-refractivity contribution is 5.85. The van der Waals surface area contributed by atoms with E-state index in [2.05, 4.69) is 6.08 Å². The number of carbonyl (C=O) groups excluding carboxylic acids is 4. The van der Waals surface area contributed by atoms with E-state index in [0.29, 0.717) is 6.42 Å². The first kappa shape index (κ1) is 23.3. The molecule has 0 aromatic heterocycles. The van der Waals surface area contributed by atoms with Crippen molar-refractivity contribution in [2.45, 2.75) is 84.7 Å². The third-order valence-corrected chi connectivity index (χ3v) is 6.91. The Kier molecular flexibility index (Phi) is 5.97. The molecule has 1 heterocycles. The number of ether oxygens (including phenoxy) is 4. The quantitative estimate of drug-likeness (QED) is 0.376. The molecule has 1 saturated heterocycles. The Hall–Kier alpha value is -2.38. The molecule has 0 unspecified atom stereocenters. The predicted octanol–water partition coefficient (Wildman–Crippen LogP) is 2.73. The van der Waals surface area contributed by atoms with Crippen LogP contribution in [-0.4, -0.2) is 47.3 Å². The van der Waals surface area contributed by atoms with Gasteiger partial charge in [-0.05, 0) is 27.2 Å². The SMILES string of the molecule is CC(=O)O[C@]1(C)C[C@H](OC(=O)C(C)C)[C@@H]2[C@@H](OC(=O)[C@@]2(C)OC(C)=O)[C@@H]2C(C)=CC[C@@H]21. The molecule has 0 aromatic carbocycles. The van der Waals surface area contributed by atoms with Crippen LogP contribution in [0, 0.1) is 23.7 Å². The summed E-state index contributed by atoms with van der Waals surface area (Å²) in [7, 11) is 0. The van der Waals surface area contributed by atoms with E-state index >= 15 is 0 Å². The normalized spacial score (nSPS) is 39.0. The molecule has 1 saturated carbocycles. The standard InChI is InChI=1S/C23H32O8/c1-11(2)20(26)28-16-10-22(6,30-13(4)24)15-9-8-12(3)17(15)19-18(16)23(7,21(27)29-19)31-14(5)25/h8,11,15-19H,9-10H2,1-7H3/t15-,16-,17+,18+,19-,22+,23-/m0/s1. The van der Waals surface area contributed by atoms with Crippen LogP contribution >= 0.6 is 0 Å². The van der Waals surface area contributed by atoms with E-state index < -0.39 is 59.1 Å². The first-order valence-corrected chi connectivity index (χ1v) is 10.8. The monoisotopic (exact) mass is 436 g/mol. The van der Waals surface area contributed by atoms with Gasteiger partial charge in [-0.3, -0.25) is 14.4 Å². The van der Waals surface area contributed by atoms with Crippen molar-refractivity contribution in [3.8, 4) is 0 Å². The van der Waals surface area contributed by atoms with Gasteiger partial charge in [0.15, 0.2) is 0 Å². The lowest BCUT2D eigenvalue weighted by Crippen LogP contribution is -2.51. The first-order chi connectivity index (χ1) is 14.3. The third-order valence-electron chi connectivity index (χ3n) is 6.91. The number of hydrogen-bond donors (Lipinski definition) is 0. The predicted molar refractivity (Wildman–Crippen MR) is 108 cm³/mol. The van der Waals surface area contributed by atoms with E-state index in [-0.39, 0.29) is 18.3 Å². The summed E-state index contributed by atoms with van der Waals surface area (Å²) in [6, 6.07) is 0. The summed E-state index contributed by atoms with van der Waals surface area (Å²) in [6.45, 7) is 11.3. The van der Waals surface area contributed by atoms with Gasteiger partial charge in [0.2, 0.25) is 5.60 Å². The highest BCUT2D eigenvalue weighted by Gasteiger charge is 2.68. The average Bonchev–Trinajstić information content (AvgIpc) is 3.08. The molecule has 8 nitrogen and oxygen atoms in total. The second kappa shape index (κ2) is 7.95. The maximum absolute atomic E-state index is 13.0. The second-order valence-corrected chi connectivity index (χ2v) is 9.65. The van der Waals surface area contributed by atoms with E-state index in [1.165, 1.54) is 20.8 Å². The average molecular weight is 437 g/mol. The van der Waals surface area contributed by atoms with Crippen LogP contribution in [-0.2, 0) is 38.1 Å². The molecule has 31 heavy (non-hydrogen) atoms. The molecule has 3 rings (SSSR count). The fourth-order valence-electron chi connectivity index (χ4n) is 5.59. The van der Waals surface area contributed by atoms with Gasteiger partial charge in [-0.15, -0.1) is 0 Å². The van der Waals surface area contributed by atoms with Crippen molar-refractivity contribution in [3.05, 3.63) is 11.6 Å². The van der Waals surface area contributed by atoms with Gasteiger partial charge in [0.1, 0.15) is 17.8 Å². The van der Waals surface area contributed by atoms with E-state index in [0.717, 1.165) is 5.57 Å². The summed E-state index contributed by atoms with van der Waals surface area (Å²) in [4.78, 5) is 49.5. The molecule has 0 bridgehead atoms. The van der Waals surface area contributed by atoms with Gasteiger partial charge in [0.25, 0.3) is 0 Å². The molecule has 3 aliphatic rings. The van der Waals surface area contributed by atoms with Gasteiger partial charge in [-0.25, -0.2) is 4.79 Å². The Bertz CT molecular complexity index is 829. The van der Waals surface area contributed by atoms with Crippen LogP contribution in [0.15, 0.2) is 11.6 Å². The minimum atomic E-state index is -1.62. The van der Waals surface area contributed by atoms with Crippen molar-refractivity contribution >= 4 is 23.9 Å². The van der Waals surface area contributed by atoms with Gasteiger partial charge in [0.05, 0.1) is 11.8 Å². The van der Waals surface area contributed by atoms with Gasteiger partial charge in [-0.2, -0.15) is 0 Å². The number of fused-ring (bicyclic) bond motifs is 3. The van der Waals surface area contributed by atoms with E-state index in [1.54, 1.807) is 13.8 Å². The summed E-state index contributed by atoms with van der Waals surface area (Å²) in [6.07, 6.45) is 1.34. The van der Waals surface area contributed by atoms with Crippen LogP contribution in [0.2, 0.25) is 0 Å². The Balaban J connectivity index is 2.15. The van der Waals surface area contributed by atoms with Crippen LogP contribution in [0.5, 0.6) is 0 Å². The first-order valence-electron chi connectivity index (χ1n) is 10.8. The summed E-state index contributed by atoms with van der Waals surface area (Å²) in [5, 5.41) is 0. The van der Waals surface area contributed by atoms with E-state index in [4.69, 9.17) is 18.9 Å². The van der Waals surface area contributed by atoms with Crippen LogP contribution in [0.4, 0.5) is 0 Å². The molecule has 0 amide bonds. The fraction of sp³-hybridized carbons (Fsp3) is 0.739. The minimum Gasteiger partial charge on any atom is -0.461 e. The molecule has 0 radical (unpaired) electrons. The van der Waals surface area contributed by atoms with Crippen molar-refractivity contribution in [2.24, 2.45) is 23.7 Å². The fourth-order valence-corrected chi connectivity index (χ4v) is 5.59. The zero-order chi connectivity index (χ0) is 23.3. The van der Waals surface area contributed by atoms with E-state index in [9.17, 15) is 19.2 Å². The van der Waals surface area contributed by atoms with Crippen molar-refractivity contribution in [1.29, 1.82) is 0 Å². The summed E-state index contributed by atoms with van der Waals surface area (Å²) >= 11 is 0. The summed E-state index contributed by atoms with van der Waals surface area (Å²) in [5.74, 6) is -3.73. The highest BCUT2D eigenvalue weighted by Crippen LogP contribution is 2.55. The number of esters is 4. The van der Waals surface area contributed by atoms with E-state index in [1.807, 2.05) is 13.8 Å². The molecular weight excluding hydrogens is 404 g/mol. The maximum Gasteiger partial charge on any atom is 0.351 e. The number of hydrogen-bond acceptors (Lipinski definition) is 8. The van der Waals surface area contributed by atoms with Crippen LogP contribution < -0.4 is 0 Å². The number of carbonyl (C=O) groups is 4. The van der Waals surface area contributed by atoms with Crippen LogP contribution in [0.3, 0.4) is 0 Å². The smallest absolute Gasteiger partial charge is 0.351 e. The molecule has 1 aliphatic heterocycles. The Morgan fingerprint density at radius 1 is 1.13 bits per heavy atom. The van der Waals surface area contributed by atoms with Gasteiger partial charge in [-0.1, -0.05) is 25.5 Å². The lowest BCUT2D eigenvalue weighted by molar-refractivity contribution is -0.184. The second-order valence-electron chi connectivity index (χ2n) is 9.65. The van der Waals surface area contributed by atoms with Crippen LogP contribution in [0.1, 0.15) is 61.3 Å². The number of rotatable bonds is 4. The highest BCUT2D eigenvalue weighted by atomic mass is 16.6. The van der Waals surface area contributed by atoms with Crippen molar-refractivity contribution < 1.29 is 38.1 Å². The molecule has 0 aromatic rings. The topological polar surface area (TPSA) is 105 Å². The largest absolute Gasteiger partial charge is 0.461 e. The van der Waals surface area contributed by atoms with Crippen molar-refractivity contribution in [3.63, 3.8) is 0 Å². The molecule has 8 heteroatoms. The van der Waals surface area contributed by atoms with Gasteiger partial charge >= 0.3 is 23.9 Å². The minimum absolute atomic E-state index is 0.167. The maximum atomic E-state index is 13.0. The molecule has 2 fully saturated rings. The Morgan fingerprint density at radius 2 is 1.74 bits per heavy atom. The zero-order valence-corrected chi connectivity index (χ0v) is 19.2. The molecule has 0 spiro atoms. The molecule has 2 aliphatic carbocycles. The van der Waals surface area contributed by atoms with Crippen molar-refractivity contribution in [2.75, 3.05) is 0 Å². The lowest BCUT2D eigenvalue weighted by atomic mass is 9.75. The Morgan fingerprint density at radius 3 is 2.29 bits per heavy atom. The lowest BCUT2D eigenvalue weighted by Gasteiger charge is -2.39. The zero-order valence-electron chi connectivity index (χ0n) is 19.2.